The second kappa shape index (κ2) is 4.97. The van der Waals surface area contributed by atoms with E-state index in [2.05, 4.69) is 9.97 Å². The Hall–Kier alpha value is -0.870. The van der Waals surface area contributed by atoms with Crippen LogP contribution in [0.1, 0.15) is 26.3 Å². The first-order valence-electron chi connectivity index (χ1n) is 5.28. The summed E-state index contributed by atoms with van der Waals surface area (Å²) in [7, 11) is 1.88. The van der Waals surface area contributed by atoms with Crippen molar-refractivity contribution in [2.24, 2.45) is 0 Å². The summed E-state index contributed by atoms with van der Waals surface area (Å²) in [4.78, 5) is 10.1. The largest absolute Gasteiger partial charge is 0.389 e. The summed E-state index contributed by atoms with van der Waals surface area (Å²) in [6.07, 6.45) is 2.21. The molecule has 5 heteroatoms. The van der Waals surface area contributed by atoms with E-state index in [4.69, 9.17) is 11.6 Å². The number of rotatable bonds is 4. The number of aliphatic hydroxyl groups is 1. The van der Waals surface area contributed by atoms with E-state index in [0.29, 0.717) is 11.7 Å². The van der Waals surface area contributed by atoms with Gasteiger partial charge in [-0.15, -0.1) is 0 Å². The molecule has 0 saturated heterocycles. The molecular weight excluding hydrogens is 226 g/mol. The quantitative estimate of drug-likeness (QED) is 0.821. The summed E-state index contributed by atoms with van der Waals surface area (Å²) in [5.74, 6) is 0.782. The third kappa shape index (κ3) is 3.32. The van der Waals surface area contributed by atoms with Crippen molar-refractivity contribution in [3.63, 3.8) is 0 Å². The summed E-state index contributed by atoms with van der Waals surface area (Å²) in [5.41, 5.74) is 0.146. The monoisotopic (exact) mass is 243 g/mol. The molecule has 0 aliphatic rings. The number of anilines is 1. The Morgan fingerprint density at radius 3 is 2.56 bits per heavy atom. The van der Waals surface area contributed by atoms with E-state index in [0.717, 1.165) is 17.8 Å². The molecule has 1 heterocycles. The molecule has 90 valence electrons. The fourth-order valence-electron chi connectivity index (χ4n) is 1.67. The first-order chi connectivity index (χ1) is 7.35. The number of nitrogens with zero attached hydrogens (tertiary/aromatic N) is 3. The predicted molar refractivity (Wildman–Crippen MR) is 66.0 cm³/mol. The van der Waals surface area contributed by atoms with Crippen molar-refractivity contribution >= 4 is 17.4 Å². The van der Waals surface area contributed by atoms with E-state index in [9.17, 15) is 5.11 Å². The first kappa shape index (κ1) is 13.2. The Morgan fingerprint density at radius 2 is 2.06 bits per heavy atom. The molecule has 1 aromatic rings. The molecule has 16 heavy (non-hydrogen) atoms. The fraction of sp³-hybridized carbons (Fsp3) is 0.636. The second-order valence-electron chi connectivity index (χ2n) is 4.49. The minimum Gasteiger partial charge on any atom is -0.389 e. The van der Waals surface area contributed by atoms with Crippen LogP contribution in [0.15, 0.2) is 6.33 Å². The SMILES string of the molecule is CCc1c(Cl)ncnc1N(C)CC(C)(C)O. The van der Waals surface area contributed by atoms with E-state index in [1.54, 1.807) is 13.8 Å². The highest BCUT2D eigenvalue weighted by molar-refractivity contribution is 6.30. The molecule has 0 fully saturated rings. The summed E-state index contributed by atoms with van der Waals surface area (Å²) in [6.45, 7) is 6.02. The maximum absolute atomic E-state index is 9.76. The predicted octanol–water partition coefficient (Wildman–Crippen LogP) is 1.90. The average Bonchev–Trinajstić information content (AvgIpc) is 2.14. The van der Waals surface area contributed by atoms with Crippen LogP contribution in [0.4, 0.5) is 5.82 Å². The van der Waals surface area contributed by atoms with E-state index in [1.165, 1.54) is 6.33 Å². The van der Waals surface area contributed by atoms with Crippen molar-refractivity contribution in [3.8, 4) is 0 Å². The van der Waals surface area contributed by atoms with Gasteiger partial charge in [-0.25, -0.2) is 9.97 Å². The number of halogens is 1. The summed E-state index contributed by atoms with van der Waals surface area (Å²) < 4.78 is 0. The van der Waals surface area contributed by atoms with E-state index in [-0.39, 0.29) is 0 Å². The Morgan fingerprint density at radius 1 is 1.44 bits per heavy atom. The van der Waals surface area contributed by atoms with Crippen molar-refractivity contribution in [2.45, 2.75) is 32.8 Å². The first-order valence-corrected chi connectivity index (χ1v) is 5.66. The zero-order valence-corrected chi connectivity index (χ0v) is 10.9. The van der Waals surface area contributed by atoms with Gasteiger partial charge in [0.15, 0.2) is 0 Å². The molecule has 0 aliphatic heterocycles. The molecule has 0 aromatic carbocycles. The lowest BCUT2D eigenvalue weighted by Crippen LogP contribution is -2.37. The molecule has 0 saturated carbocycles. The van der Waals surface area contributed by atoms with Crippen molar-refractivity contribution in [3.05, 3.63) is 17.0 Å². The summed E-state index contributed by atoms with van der Waals surface area (Å²) >= 11 is 6.00. The van der Waals surface area contributed by atoms with E-state index in [1.807, 2.05) is 18.9 Å². The Kier molecular flexibility index (Phi) is 4.10. The minimum atomic E-state index is -0.767. The number of aromatic nitrogens is 2. The zero-order chi connectivity index (χ0) is 12.3. The van der Waals surface area contributed by atoms with Crippen LogP contribution < -0.4 is 4.90 Å². The Bertz CT molecular complexity index is 363. The van der Waals surface area contributed by atoms with Gasteiger partial charge in [0.2, 0.25) is 0 Å². The Balaban J connectivity index is 2.99. The van der Waals surface area contributed by atoms with Crippen LogP contribution in [0.5, 0.6) is 0 Å². The number of likely N-dealkylation sites (N-methyl/N-ethyl adjacent to an activating group) is 1. The lowest BCUT2D eigenvalue weighted by atomic mass is 10.1. The number of hydrogen-bond donors (Lipinski definition) is 1. The van der Waals surface area contributed by atoms with Gasteiger partial charge in [-0.05, 0) is 20.3 Å². The maximum Gasteiger partial charge on any atom is 0.137 e. The lowest BCUT2D eigenvalue weighted by molar-refractivity contribution is 0.0884. The second-order valence-corrected chi connectivity index (χ2v) is 4.85. The van der Waals surface area contributed by atoms with Crippen LogP contribution in [-0.4, -0.2) is 34.3 Å². The molecule has 1 rings (SSSR count). The third-order valence-corrected chi connectivity index (χ3v) is 2.53. The van der Waals surface area contributed by atoms with Gasteiger partial charge in [0.1, 0.15) is 17.3 Å². The smallest absolute Gasteiger partial charge is 0.137 e. The van der Waals surface area contributed by atoms with Crippen LogP contribution in [0.2, 0.25) is 5.15 Å². The van der Waals surface area contributed by atoms with Gasteiger partial charge in [-0.1, -0.05) is 18.5 Å². The van der Waals surface area contributed by atoms with E-state index < -0.39 is 5.60 Å². The van der Waals surface area contributed by atoms with Crippen LogP contribution in [0.3, 0.4) is 0 Å². The van der Waals surface area contributed by atoms with Gasteiger partial charge in [0.25, 0.3) is 0 Å². The van der Waals surface area contributed by atoms with Gasteiger partial charge in [0.05, 0.1) is 5.60 Å². The summed E-state index contributed by atoms with van der Waals surface area (Å²) in [6, 6.07) is 0. The summed E-state index contributed by atoms with van der Waals surface area (Å²) in [5, 5.41) is 10.2. The zero-order valence-electron chi connectivity index (χ0n) is 10.2. The lowest BCUT2D eigenvalue weighted by Gasteiger charge is -2.27. The molecule has 0 atom stereocenters. The third-order valence-electron chi connectivity index (χ3n) is 2.21. The highest BCUT2D eigenvalue weighted by atomic mass is 35.5. The van der Waals surface area contributed by atoms with E-state index >= 15 is 0 Å². The van der Waals surface area contributed by atoms with Crippen LogP contribution >= 0.6 is 11.6 Å². The Labute approximate surface area is 101 Å². The van der Waals surface area contributed by atoms with Gasteiger partial charge < -0.3 is 10.0 Å². The topological polar surface area (TPSA) is 49.2 Å². The highest BCUT2D eigenvalue weighted by Crippen LogP contribution is 2.23. The van der Waals surface area contributed by atoms with Gasteiger partial charge >= 0.3 is 0 Å². The standard InChI is InChI=1S/C11H18ClN3O/c1-5-8-9(12)13-7-14-10(8)15(4)6-11(2,3)16/h7,16H,5-6H2,1-4H3. The molecular formula is C11H18ClN3O. The van der Waals surface area contributed by atoms with Crippen molar-refractivity contribution < 1.29 is 5.11 Å². The van der Waals surface area contributed by atoms with Crippen molar-refractivity contribution in [2.75, 3.05) is 18.5 Å². The van der Waals surface area contributed by atoms with Gasteiger partial charge in [0, 0.05) is 19.2 Å². The number of hydrogen-bond acceptors (Lipinski definition) is 4. The van der Waals surface area contributed by atoms with Gasteiger partial charge in [-0.3, -0.25) is 0 Å². The minimum absolute atomic E-state index is 0.482. The van der Waals surface area contributed by atoms with Crippen LogP contribution in [-0.2, 0) is 6.42 Å². The molecule has 0 amide bonds. The molecule has 1 N–H and O–H groups in total. The molecule has 0 aliphatic carbocycles. The van der Waals surface area contributed by atoms with Crippen molar-refractivity contribution in [1.29, 1.82) is 0 Å². The van der Waals surface area contributed by atoms with Gasteiger partial charge in [-0.2, -0.15) is 0 Å². The molecule has 0 spiro atoms. The molecule has 1 aromatic heterocycles. The highest BCUT2D eigenvalue weighted by Gasteiger charge is 2.19. The molecule has 0 radical (unpaired) electrons. The fourth-order valence-corrected chi connectivity index (χ4v) is 1.93. The molecule has 0 bridgehead atoms. The van der Waals surface area contributed by atoms with Crippen LogP contribution in [0.25, 0.3) is 0 Å². The van der Waals surface area contributed by atoms with Crippen molar-refractivity contribution in [1.82, 2.24) is 9.97 Å². The average molecular weight is 244 g/mol. The molecule has 4 nitrogen and oxygen atoms in total. The normalized spacial score (nSPS) is 11.6. The van der Waals surface area contributed by atoms with Crippen LogP contribution in [0, 0.1) is 0 Å². The maximum atomic E-state index is 9.76. The molecule has 0 unspecified atom stereocenters.